The van der Waals surface area contributed by atoms with Gasteiger partial charge in [0.15, 0.2) is 5.41 Å². The van der Waals surface area contributed by atoms with Crippen LogP contribution in [-0.2, 0) is 9.53 Å². The Kier molecular flexibility index (Phi) is 5.22. The van der Waals surface area contributed by atoms with Crippen molar-refractivity contribution in [1.82, 2.24) is 0 Å². The highest BCUT2D eigenvalue weighted by molar-refractivity contribution is 5.79. The van der Waals surface area contributed by atoms with Crippen LogP contribution in [0.25, 0.3) is 0 Å². The molecule has 0 saturated carbocycles. The van der Waals surface area contributed by atoms with Crippen molar-refractivity contribution in [2.24, 2.45) is 11.3 Å². The maximum Gasteiger partial charge on any atom is 0.326 e. The molecule has 0 radical (unpaired) electrons. The summed E-state index contributed by atoms with van der Waals surface area (Å²) in [5, 5.41) is 8.94. The minimum absolute atomic E-state index is 0.331. The first-order chi connectivity index (χ1) is 6.46. The molecule has 3 heteroatoms. The molecule has 0 rings (SSSR count). The lowest BCUT2D eigenvalue weighted by Gasteiger charge is -2.19. The fraction of sp³-hybridized carbons (Fsp3) is 0.818. The van der Waals surface area contributed by atoms with E-state index < -0.39 is 11.4 Å². The van der Waals surface area contributed by atoms with Crippen LogP contribution in [-0.4, -0.2) is 12.6 Å². The molecule has 0 aromatic heterocycles. The number of esters is 1. The normalized spacial score (nSPS) is 14.6. The Bertz CT molecular complexity index is 230. The lowest BCUT2D eigenvalue weighted by atomic mass is 9.85. The van der Waals surface area contributed by atoms with E-state index in [9.17, 15) is 4.79 Å². The van der Waals surface area contributed by atoms with Crippen molar-refractivity contribution in [3.05, 3.63) is 0 Å². The molecule has 0 aliphatic heterocycles. The lowest BCUT2D eigenvalue weighted by Crippen LogP contribution is -2.28. The first kappa shape index (κ1) is 13.0. The van der Waals surface area contributed by atoms with Crippen molar-refractivity contribution >= 4 is 5.97 Å². The van der Waals surface area contributed by atoms with Gasteiger partial charge in [-0.3, -0.25) is 4.79 Å². The second-order valence-corrected chi connectivity index (χ2v) is 4.10. The SMILES string of the molecule is CCOC(=O)C(C)(C#N)CCC(C)C. The van der Waals surface area contributed by atoms with Gasteiger partial charge in [-0.1, -0.05) is 13.8 Å². The van der Waals surface area contributed by atoms with Gasteiger partial charge in [0.05, 0.1) is 12.7 Å². The van der Waals surface area contributed by atoms with E-state index in [1.54, 1.807) is 13.8 Å². The van der Waals surface area contributed by atoms with E-state index in [0.717, 1.165) is 6.42 Å². The highest BCUT2D eigenvalue weighted by atomic mass is 16.5. The van der Waals surface area contributed by atoms with Gasteiger partial charge < -0.3 is 4.74 Å². The van der Waals surface area contributed by atoms with Crippen LogP contribution in [0.2, 0.25) is 0 Å². The van der Waals surface area contributed by atoms with E-state index in [1.165, 1.54) is 0 Å². The monoisotopic (exact) mass is 197 g/mol. The van der Waals surface area contributed by atoms with Crippen molar-refractivity contribution in [2.75, 3.05) is 6.61 Å². The van der Waals surface area contributed by atoms with Crippen molar-refractivity contribution in [3.8, 4) is 6.07 Å². The molecule has 0 aromatic rings. The molecule has 0 aliphatic carbocycles. The summed E-state index contributed by atoms with van der Waals surface area (Å²) in [6.07, 6.45) is 1.43. The average Bonchev–Trinajstić information content (AvgIpc) is 2.14. The molecular formula is C11H19NO2. The number of rotatable bonds is 5. The maximum absolute atomic E-state index is 11.5. The average molecular weight is 197 g/mol. The quantitative estimate of drug-likeness (QED) is 0.636. The topological polar surface area (TPSA) is 50.1 Å². The molecule has 0 saturated heterocycles. The van der Waals surface area contributed by atoms with Gasteiger partial charge in [-0.15, -0.1) is 0 Å². The van der Waals surface area contributed by atoms with Crippen LogP contribution in [0.15, 0.2) is 0 Å². The summed E-state index contributed by atoms with van der Waals surface area (Å²) >= 11 is 0. The Morgan fingerprint density at radius 1 is 1.57 bits per heavy atom. The predicted octanol–water partition coefficient (Wildman–Crippen LogP) is 2.52. The van der Waals surface area contributed by atoms with Crippen molar-refractivity contribution in [1.29, 1.82) is 5.26 Å². The van der Waals surface area contributed by atoms with Gasteiger partial charge in [-0.25, -0.2) is 0 Å². The van der Waals surface area contributed by atoms with Gasteiger partial charge in [-0.05, 0) is 32.6 Å². The van der Waals surface area contributed by atoms with E-state index in [1.807, 2.05) is 6.07 Å². The molecule has 0 heterocycles. The summed E-state index contributed by atoms with van der Waals surface area (Å²) in [4.78, 5) is 11.5. The minimum Gasteiger partial charge on any atom is -0.465 e. The number of hydrogen-bond acceptors (Lipinski definition) is 3. The summed E-state index contributed by atoms with van der Waals surface area (Å²) < 4.78 is 4.87. The molecule has 3 nitrogen and oxygen atoms in total. The molecule has 14 heavy (non-hydrogen) atoms. The van der Waals surface area contributed by atoms with E-state index in [2.05, 4.69) is 13.8 Å². The van der Waals surface area contributed by atoms with E-state index in [0.29, 0.717) is 18.9 Å². The molecule has 0 amide bonds. The number of carbonyl (C=O) groups excluding carboxylic acids is 1. The molecule has 0 N–H and O–H groups in total. The first-order valence-electron chi connectivity index (χ1n) is 5.04. The van der Waals surface area contributed by atoms with E-state index >= 15 is 0 Å². The Morgan fingerprint density at radius 2 is 2.14 bits per heavy atom. The molecule has 0 bridgehead atoms. The number of hydrogen-bond donors (Lipinski definition) is 0. The summed E-state index contributed by atoms with van der Waals surface area (Å²) in [5.74, 6) is 0.0975. The molecule has 0 fully saturated rings. The first-order valence-corrected chi connectivity index (χ1v) is 5.04. The zero-order chi connectivity index (χ0) is 11.2. The second-order valence-electron chi connectivity index (χ2n) is 4.10. The van der Waals surface area contributed by atoms with Crippen molar-refractivity contribution in [2.45, 2.75) is 40.5 Å². The van der Waals surface area contributed by atoms with Crippen LogP contribution >= 0.6 is 0 Å². The van der Waals surface area contributed by atoms with Gasteiger partial charge in [-0.2, -0.15) is 5.26 Å². The highest BCUT2D eigenvalue weighted by Gasteiger charge is 2.34. The number of nitriles is 1. The molecule has 80 valence electrons. The van der Waals surface area contributed by atoms with E-state index in [4.69, 9.17) is 10.00 Å². The number of carbonyl (C=O) groups is 1. The van der Waals surface area contributed by atoms with Crippen LogP contribution in [0.3, 0.4) is 0 Å². The fourth-order valence-corrected chi connectivity index (χ4v) is 1.07. The number of nitrogens with zero attached hydrogens (tertiary/aromatic N) is 1. The smallest absolute Gasteiger partial charge is 0.326 e. The van der Waals surface area contributed by atoms with Gasteiger partial charge in [0.1, 0.15) is 0 Å². The van der Waals surface area contributed by atoms with Crippen LogP contribution in [0, 0.1) is 22.7 Å². The Hall–Kier alpha value is -1.04. The molecule has 0 spiro atoms. The molecule has 0 aliphatic rings. The molecule has 1 atom stereocenters. The van der Waals surface area contributed by atoms with Gasteiger partial charge in [0.25, 0.3) is 0 Å². The fourth-order valence-electron chi connectivity index (χ4n) is 1.07. The summed E-state index contributed by atoms with van der Waals surface area (Å²) in [6.45, 7) is 7.87. The predicted molar refractivity (Wildman–Crippen MR) is 54.4 cm³/mol. The summed E-state index contributed by atoms with van der Waals surface area (Å²) in [7, 11) is 0. The van der Waals surface area contributed by atoms with Crippen LogP contribution in [0.1, 0.15) is 40.5 Å². The molecule has 0 aromatic carbocycles. The zero-order valence-electron chi connectivity index (χ0n) is 9.46. The largest absolute Gasteiger partial charge is 0.465 e. The summed E-state index contributed by atoms with van der Waals surface area (Å²) in [5.41, 5.74) is -0.972. The minimum atomic E-state index is -0.972. The van der Waals surface area contributed by atoms with Crippen molar-refractivity contribution in [3.63, 3.8) is 0 Å². The molecular weight excluding hydrogens is 178 g/mol. The number of ether oxygens (including phenoxy) is 1. The van der Waals surface area contributed by atoms with Crippen LogP contribution in [0.5, 0.6) is 0 Å². The highest BCUT2D eigenvalue weighted by Crippen LogP contribution is 2.26. The van der Waals surface area contributed by atoms with Crippen LogP contribution < -0.4 is 0 Å². The Balaban J connectivity index is 4.33. The zero-order valence-corrected chi connectivity index (χ0v) is 9.46. The van der Waals surface area contributed by atoms with Gasteiger partial charge in [0, 0.05) is 0 Å². The van der Waals surface area contributed by atoms with Crippen LogP contribution in [0.4, 0.5) is 0 Å². The maximum atomic E-state index is 11.5. The van der Waals surface area contributed by atoms with Gasteiger partial charge >= 0.3 is 5.97 Å². The third-order valence-electron chi connectivity index (χ3n) is 2.19. The molecule has 1 unspecified atom stereocenters. The van der Waals surface area contributed by atoms with Crippen molar-refractivity contribution < 1.29 is 9.53 Å². The second kappa shape index (κ2) is 5.64. The Morgan fingerprint density at radius 3 is 2.50 bits per heavy atom. The summed E-state index contributed by atoms with van der Waals surface area (Å²) in [6, 6.07) is 2.04. The lowest BCUT2D eigenvalue weighted by molar-refractivity contribution is -0.151. The third-order valence-corrected chi connectivity index (χ3v) is 2.19. The van der Waals surface area contributed by atoms with Gasteiger partial charge in [0.2, 0.25) is 0 Å². The Labute approximate surface area is 86.1 Å². The third kappa shape index (κ3) is 3.78. The van der Waals surface area contributed by atoms with E-state index in [-0.39, 0.29) is 0 Å². The standard InChI is InChI=1S/C11H19NO2/c1-5-14-10(13)11(4,8-12)7-6-9(2)3/h9H,5-7H2,1-4H3.